The third kappa shape index (κ3) is 4.78. The lowest BCUT2D eigenvalue weighted by atomic mass is 10.1. The number of anilines is 1. The van der Waals surface area contributed by atoms with Crippen molar-refractivity contribution in [2.75, 3.05) is 37.6 Å². The molecule has 0 aliphatic carbocycles. The zero-order valence-corrected chi connectivity index (χ0v) is 16.3. The third-order valence-electron chi connectivity index (χ3n) is 4.66. The molecule has 1 N–H and O–H groups in total. The van der Waals surface area contributed by atoms with Gasteiger partial charge in [-0.15, -0.1) is 0 Å². The Balaban J connectivity index is 1.63. The van der Waals surface area contributed by atoms with Crippen molar-refractivity contribution in [3.05, 3.63) is 47.6 Å². The number of nitrogens with one attached hydrogen (secondary N) is 1. The number of nitrogens with zero attached hydrogens (tertiary/aromatic N) is 4. The van der Waals surface area contributed by atoms with E-state index in [1.165, 1.54) is 6.07 Å². The Morgan fingerprint density at radius 2 is 2.00 bits per heavy atom. The first-order chi connectivity index (χ1) is 13.1. The molecule has 0 saturated carbocycles. The molecule has 1 aromatic carbocycles. The average molecular weight is 373 g/mol. The van der Waals surface area contributed by atoms with Crippen molar-refractivity contribution in [1.82, 2.24) is 15.4 Å². The van der Waals surface area contributed by atoms with Crippen molar-refractivity contribution >= 4 is 11.6 Å². The van der Waals surface area contributed by atoms with Crippen LogP contribution in [0.15, 0.2) is 39.8 Å². The van der Waals surface area contributed by atoms with Crippen LogP contribution in [-0.2, 0) is 6.54 Å². The van der Waals surface area contributed by atoms with E-state index in [-0.39, 0.29) is 5.82 Å². The highest BCUT2D eigenvalue weighted by Crippen LogP contribution is 2.20. The molecule has 6 nitrogen and oxygen atoms in total. The molecule has 1 aliphatic heterocycles. The average Bonchev–Trinajstić information content (AvgIpc) is 3.15. The Morgan fingerprint density at radius 1 is 1.26 bits per heavy atom. The highest BCUT2D eigenvalue weighted by molar-refractivity contribution is 5.80. The van der Waals surface area contributed by atoms with Gasteiger partial charge in [-0.3, -0.25) is 0 Å². The highest BCUT2D eigenvalue weighted by atomic mass is 19.1. The van der Waals surface area contributed by atoms with Crippen molar-refractivity contribution in [3.63, 3.8) is 0 Å². The van der Waals surface area contributed by atoms with E-state index in [0.717, 1.165) is 50.1 Å². The summed E-state index contributed by atoms with van der Waals surface area (Å²) in [5.74, 6) is 1.79. The van der Waals surface area contributed by atoms with Crippen molar-refractivity contribution in [2.24, 2.45) is 4.99 Å². The number of para-hydroxylation sites is 1. The number of aromatic nitrogens is 1. The lowest BCUT2D eigenvalue weighted by Crippen LogP contribution is -2.52. The lowest BCUT2D eigenvalue weighted by Gasteiger charge is -2.37. The molecule has 0 bridgehead atoms. The van der Waals surface area contributed by atoms with Crippen molar-refractivity contribution in [1.29, 1.82) is 0 Å². The molecule has 2 heterocycles. The predicted molar refractivity (Wildman–Crippen MR) is 106 cm³/mol. The van der Waals surface area contributed by atoms with E-state index in [9.17, 15) is 4.39 Å². The second kappa shape index (κ2) is 8.88. The summed E-state index contributed by atoms with van der Waals surface area (Å²) >= 11 is 0. The van der Waals surface area contributed by atoms with Crippen LogP contribution >= 0.6 is 0 Å². The topological polar surface area (TPSA) is 56.9 Å². The fraction of sp³-hybridized carbons (Fsp3) is 0.500. The number of aliphatic imine (C=N–C) groups is 1. The Kier molecular flexibility index (Phi) is 6.32. The second-order valence-electron chi connectivity index (χ2n) is 6.97. The van der Waals surface area contributed by atoms with Gasteiger partial charge in [0.2, 0.25) is 0 Å². The summed E-state index contributed by atoms with van der Waals surface area (Å²) in [4.78, 5) is 8.99. The number of benzene rings is 1. The Bertz CT molecular complexity index is 765. The molecule has 1 aromatic heterocycles. The van der Waals surface area contributed by atoms with Gasteiger partial charge in [0.1, 0.15) is 12.4 Å². The van der Waals surface area contributed by atoms with E-state index < -0.39 is 0 Å². The van der Waals surface area contributed by atoms with Crippen molar-refractivity contribution < 1.29 is 8.91 Å². The largest absolute Gasteiger partial charge is 0.366 e. The molecule has 1 fully saturated rings. The first-order valence-electron chi connectivity index (χ1n) is 9.56. The van der Waals surface area contributed by atoms with E-state index in [2.05, 4.69) is 41.0 Å². The van der Waals surface area contributed by atoms with Gasteiger partial charge >= 0.3 is 0 Å². The van der Waals surface area contributed by atoms with Gasteiger partial charge in [-0.2, -0.15) is 0 Å². The Hall–Kier alpha value is -2.57. The molecule has 0 unspecified atom stereocenters. The Morgan fingerprint density at radius 3 is 2.63 bits per heavy atom. The highest BCUT2D eigenvalue weighted by Gasteiger charge is 2.21. The van der Waals surface area contributed by atoms with Gasteiger partial charge in [-0.25, -0.2) is 9.38 Å². The fourth-order valence-electron chi connectivity index (χ4n) is 3.12. The number of hydrogen-bond acceptors (Lipinski definition) is 4. The fourth-order valence-corrected chi connectivity index (χ4v) is 3.12. The van der Waals surface area contributed by atoms with Crippen LogP contribution in [0, 0.1) is 5.82 Å². The molecule has 146 valence electrons. The molecule has 0 radical (unpaired) electrons. The van der Waals surface area contributed by atoms with Gasteiger partial charge in [0.05, 0.1) is 11.4 Å². The maximum atomic E-state index is 14.0. The summed E-state index contributed by atoms with van der Waals surface area (Å²) in [6.07, 6.45) is 0. The lowest BCUT2D eigenvalue weighted by molar-refractivity contribution is 0.363. The summed E-state index contributed by atoms with van der Waals surface area (Å²) in [6, 6.07) is 8.91. The summed E-state index contributed by atoms with van der Waals surface area (Å²) in [7, 11) is 0. The van der Waals surface area contributed by atoms with Gasteiger partial charge in [-0.1, -0.05) is 31.1 Å². The van der Waals surface area contributed by atoms with Crippen LogP contribution in [0.1, 0.15) is 38.1 Å². The molecule has 0 atom stereocenters. The van der Waals surface area contributed by atoms with E-state index in [1.807, 2.05) is 18.2 Å². The standard InChI is InChI=1S/C20H28FN5O/c1-4-22-20(23-14-16-13-18(15(2)3)24-27-16)26-11-9-25(10-12-26)19-8-6-5-7-17(19)21/h5-8,13,15H,4,9-12,14H2,1-3H3,(H,22,23). The molecule has 1 aliphatic rings. The number of piperazine rings is 1. The number of rotatable bonds is 5. The molecular formula is C20H28FN5O. The monoisotopic (exact) mass is 373 g/mol. The number of guanidine groups is 1. The van der Waals surface area contributed by atoms with Crippen LogP contribution in [0.2, 0.25) is 0 Å². The molecule has 3 rings (SSSR count). The Labute approximate surface area is 160 Å². The molecular weight excluding hydrogens is 345 g/mol. The minimum atomic E-state index is -0.169. The number of hydrogen-bond donors (Lipinski definition) is 1. The summed E-state index contributed by atoms with van der Waals surface area (Å²) in [6.45, 7) is 10.6. The van der Waals surface area contributed by atoms with Gasteiger partial charge < -0.3 is 19.6 Å². The second-order valence-corrected chi connectivity index (χ2v) is 6.97. The number of halogens is 1. The van der Waals surface area contributed by atoms with Crippen LogP contribution in [-0.4, -0.2) is 48.7 Å². The summed E-state index contributed by atoms with van der Waals surface area (Å²) in [5.41, 5.74) is 1.62. The van der Waals surface area contributed by atoms with Gasteiger partial charge in [0, 0.05) is 38.8 Å². The maximum absolute atomic E-state index is 14.0. The summed E-state index contributed by atoms with van der Waals surface area (Å²) in [5, 5.41) is 7.42. The quantitative estimate of drug-likeness (QED) is 0.644. The normalized spacial score (nSPS) is 15.5. The van der Waals surface area contributed by atoms with Crippen LogP contribution in [0.3, 0.4) is 0 Å². The maximum Gasteiger partial charge on any atom is 0.194 e. The zero-order chi connectivity index (χ0) is 19.2. The van der Waals surface area contributed by atoms with Crippen LogP contribution in [0.4, 0.5) is 10.1 Å². The van der Waals surface area contributed by atoms with E-state index in [0.29, 0.717) is 18.2 Å². The van der Waals surface area contributed by atoms with Crippen LogP contribution in [0.5, 0.6) is 0 Å². The molecule has 1 saturated heterocycles. The van der Waals surface area contributed by atoms with Crippen LogP contribution < -0.4 is 10.2 Å². The van der Waals surface area contributed by atoms with E-state index in [1.54, 1.807) is 6.07 Å². The van der Waals surface area contributed by atoms with Crippen molar-refractivity contribution in [3.8, 4) is 0 Å². The predicted octanol–water partition coefficient (Wildman–Crippen LogP) is 3.22. The van der Waals surface area contributed by atoms with Crippen LogP contribution in [0.25, 0.3) is 0 Å². The SMILES string of the molecule is CCNC(=NCc1cc(C(C)C)no1)N1CCN(c2ccccc2F)CC1. The zero-order valence-electron chi connectivity index (χ0n) is 16.3. The van der Waals surface area contributed by atoms with Gasteiger partial charge in [0.15, 0.2) is 11.7 Å². The first-order valence-corrected chi connectivity index (χ1v) is 9.56. The minimum absolute atomic E-state index is 0.169. The molecule has 0 spiro atoms. The van der Waals surface area contributed by atoms with Crippen molar-refractivity contribution in [2.45, 2.75) is 33.2 Å². The molecule has 7 heteroatoms. The third-order valence-corrected chi connectivity index (χ3v) is 4.66. The van der Waals surface area contributed by atoms with E-state index in [4.69, 9.17) is 9.52 Å². The van der Waals surface area contributed by atoms with Gasteiger partial charge in [0.25, 0.3) is 0 Å². The van der Waals surface area contributed by atoms with Gasteiger partial charge in [-0.05, 0) is 25.0 Å². The molecule has 27 heavy (non-hydrogen) atoms. The van der Waals surface area contributed by atoms with E-state index >= 15 is 0 Å². The summed E-state index contributed by atoms with van der Waals surface area (Å²) < 4.78 is 19.4. The molecule has 0 amide bonds. The molecule has 2 aromatic rings. The minimum Gasteiger partial charge on any atom is -0.366 e. The first kappa shape index (κ1) is 19.2. The smallest absolute Gasteiger partial charge is 0.194 e.